The van der Waals surface area contributed by atoms with Crippen LogP contribution in [0.3, 0.4) is 0 Å². The summed E-state index contributed by atoms with van der Waals surface area (Å²) in [5.74, 6) is 0.694. The van der Waals surface area contributed by atoms with Crippen LogP contribution in [-0.4, -0.2) is 34.4 Å². The number of hydrogen-bond acceptors (Lipinski definition) is 2. The largest absolute Gasteiger partial charge is 0.343 e. The summed E-state index contributed by atoms with van der Waals surface area (Å²) in [5.41, 5.74) is 0.648. The fraction of sp³-hybridized carbons (Fsp3) is 0.550. The summed E-state index contributed by atoms with van der Waals surface area (Å²) in [6.45, 7) is 6.18. The molecule has 1 aliphatic heterocycles. The van der Waals surface area contributed by atoms with Crippen LogP contribution in [0.5, 0.6) is 0 Å². The maximum Gasteiger partial charge on any atom is 0.343 e. The molecular formula is C20H28N4O2. The number of benzene rings is 1. The summed E-state index contributed by atoms with van der Waals surface area (Å²) in [4.78, 5) is 31.2. The highest BCUT2D eigenvalue weighted by Gasteiger charge is 2.40. The van der Waals surface area contributed by atoms with Crippen LogP contribution < -0.4 is 10.6 Å². The van der Waals surface area contributed by atoms with Crippen molar-refractivity contribution in [2.24, 2.45) is 10.9 Å². The number of carbonyl (C=O) groups is 2. The molecule has 0 spiro atoms. The number of aliphatic imine (C=N–C) groups is 1. The predicted molar refractivity (Wildman–Crippen MR) is 102 cm³/mol. The molecule has 0 bridgehead atoms. The molecule has 1 aromatic carbocycles. The summed E-state index contributed by atoms with van der Waals surface area (Å²) in [6, 6.07) is 9.32. The van der Waals surface area contributed by atoms with Crippen LogP contribution >= 0.6 is 0 Å². The SMILES string of the molecule is CC(C)(C)NC(=O)/N=C1\C2CCCCC2NC(=O)N1Cc1ccccc1. The minimum Gasteiger partial charge on any atom is -0.334 e. The van der Waals surface area contributed by atoms with Gasteiger partial charge in [0.15, 0.2) is 0 Å². The zero-order valence-corrected chi connectivity index (χ0v) is 15.8. The highest BCUT2D eigenvalue weighted by atomic mass is 16.2. The zero-order chi connectivity index (χ0) is 18.7. The first-order valence-corrected chi connectivity index (χ1v) is 9.36. The van der Waals surface area contributed by atoms with Crippen LogP contribution in [0.1, 0.15) is 52.0 Å². The van der Waals surface area contributed by atoms with E-state index in [1.54, 1.807) is 4.90 Å². The zero-order valence-electron chi connectivity index (χ0n) is 15.8. The third-order valence-electron chi connectivity index (χ3n) is 4.81. The van der Waals surface area contributed by atoms with E-state index in [1.807, 2.05) is 51.1 Å². The third-order valence-corrected chi connectivity index (χ3v) is 4.81. The Balaban J connectivity index is 1.90. The first-order chi connectivity index (χ1) is 12.3. The van der Waals surface area contributed by atoms with Gasteiger partial charge in [0, 0.05) is 17.5 Å². The van der Waals surface area contributed by atoms with E-state index in [1.165, 1.54) is 0 Å². The van der Waals surface area contributed by atoms with Gasteiger partial charge in [-0.2, -0.15) is 4.99 Å². The first-order valence-electron chi connectivity index (χ1n) is 9.36. The van der Waals surface area contributed by atoms with Crippen LogP contribution in [0.4, 0.5) is 9.59 Å². The van der Waals surface area contributed by atoms with Crippen molar-refractivity contribution in [2.75, 3.05) is 0 Å². The molecule has 0 radical (unpaired) electrons. The van der Waals surface area contributed by atoms with E-state index in [0.717, 1.165) is 31.2 Å². The van der Waals surface area contributed by atoms with Crippen molar-refractivity contribution in [3.8, 4) is 0 Å². The Kier molecular flexibility index (Phi) is 5.30. The molecular weight excluding hydrogens is 328 g/mol. The van der Waals surface area contributed by atoms with E-state index in [4.69, 9.17) is 0 Å². The van der Waals surface area contributed by atoms with Crippen LogP contribution in [0.2, 0.25) is 0 Å². The Hall–Kier alpha value is -2.37. The Morgan fingerprint density at radius 3 is 2.62 bits per heavy atom. The van der Waals surface area contributed by atoms with Gasteiger partial charge < -0.3 is 10.6 Å². The van der Waals surface area contributed by atoms with Crippen LogP contribution in [0, 0.1) is 5.92 Å². The average molecular weight is 356 g/mol. The van der Waals surface area contributed by atoms with Gasteiger partial charge in [-0.05, 0) is 39.2 Å². The fourth-order valence-corrected chi connectivity index (χ4v) is 3.67. The second kappa shape index (κ2) is 7.48. The van der Waals surface area contributed by atoms with Gasteiger partial charge in [-0.1, -0.05) is 43.2 Å². The second-order valence-electron chi connectivity index (χ2n) is 8.17. The highest BCUT2D eigenvalue weighted by Crippen LogP contribution is 2.31. The predicted octanol–water partition coefficient (Wildman–Crippen LogP) is 3.68. The Morgan fingerprint density at radius 2 is 1.92 bits per heavy atom. The Bertz CT molecular complexity index is 694. The summed E-state index contributed by atoms with van der Waals surface area (Å²) in [6.07, 6.45) is 4.07. The molecule has 2 atom stereocenters. The summed E-state index contributed by atoms with van der Waals surface area (Å²) >= 11 is 0. The van der Waals surface area contributed by atoms with E-state index < -0.39 is 0 Å². The van der Waals surface area contributed by atoms with Crippen molar-refractivity contribution < 1.29 is 9.59 Å². The monoisotopic (exact) mass is 356 g/mol. The fourth-order valence-electron chi connectivity index (χ4n) is 3.67. The molecule has 1 saturated heterocycles. The molecule has 6 heteroatoms. The number of amides is 4. The number of rotatable bonds is 2. The topological polar surface area (TPSA) is 73.8 Å². The molecule has 1 aliphatic carbocycles. The molecule has 2 aliphatic rings. The summed E-state index contributed by atoms with van der Waals surface area (Å²) in [5, 5.41) is 5.99. The van der Waals surface area contributed by atoms with Crippen molar-refractivity contribution in [2.45, 2.75) is 64.6 Å². The minimum absolute atomic E-state index is 0.0736. The molecule has 140 valence electrons. The lowest BCUT2D eigenvalue weighted by atomic mass is 9.82. The van der Waals surface area contributed by atoms with Gasteiger partial charge >= 0.3 is 12.1 Å². The van der Waals surface area contributed by atoms with Gasteiger partial charge in [-0.15, -0.1) is 0 Å². The standard InChI is InChI=1S/C20H28N4O2/c1-20(2,3)23-18(25)22-17-15-11-7-8-12-16(15)21-19(26)24(17)13-14-9-5-4-6-10-14/h4-6,9-10,15-16H,7-8,11-13H2,1-3H3,(H,21,26)(H,23,25)/b22-17+. The molecule has 0 aromatic heterocycles. The maximum atomic E-state index is 12.7. The number of nitrogens with one attached hydrogen (secondary N) is 2. The maximum absolute atomic E-state index is 12.7. The van der Waals surface area contributed by atoms with Crippen LogP contribution in [-0.2, 0) is 6.54 Å². The minimum atomic E-state index is -0.385. The van der Waals surface area contributed by atoms with E-state index in [9.17, 15) is 9.59 Å². The van der Waals surface area contributed by atoms with Gasteiger partial charge in [0.1, 0.15) is 5.84 Å². The Morgan fingerprint density at radius 1 is 1.23 bits per heavy atom. The lowest BCUT2D eigenvalue weighted by Crippen LogP contribution is -2.60. The van der Waals surface area contributed by atoms with Gasteiger partial charge in [0.05, 0.1) is 6.54 Å². The Labute approximate surface area is 155 Å². The second-order valence-corrected chi connectivity index (χ2v) is 8.17. The van der Waals surface area contributed by atoms with E-state index >= 15 is 0 Å². The average Bonchev–Trinajstić information content (AvgIpc) is 2.57. The molecule has 26 heavy (non-hydrogen) atoms. The molecule has 3 rings (SSSR count). The van der Waals surface area contributed by atoms with Crippen molar-refractivity contribution in [1.82, 2.24) is 15.5 Å². The summed E-state index contributed by atoms with van der Waals surface area (Å²) in [7, 11) is 0. The first kappa shape index (κ1) is 18.4. The lowest BCUT2D eigenvalue weighted by Gasteiger charge is -2.42. The number of carbonyl (C=O) groups excluding carboxylic acids is 2. The number of nitrogens with zero attached hydrogens (tertiary/aromatic N) is 2. The van der Waals surface area contributed by atoms with Crippen molar-refractivity contribution in [3.63, 3.8) is 0 Å². The summed E-state index contributed by atoms with van der Waals surface area (Å²) < 4.78 is 0. The number of fused-ring (bicyclic) bond motifs is 1. The molecule has 2 N–H and O–H groups in total. The molecule has 4 amide bonds. The van der Waals surface area contributed by atoms with E-state index in [0.29, 0.717) is 12.4 Å². The van der Waals surface area contributed by atoms with E-state index in [-0.39, 0.29) is 29.6 Å². The number of amidine groups is 1. The van der Waals surface area contributed by atoms with Crippen LogP contribution in [0.25, 0.3) is 0 Å². The molecule has 1 aromatic rings. The molecule has 1 heterocycles. The van der Waals surface area contributed by atoms with Crippen molar-refractivity contribution in [3.05, 3.63) is 35.9 Å². The van der Waals surface area contributed by atoms with Crippen LogP contribution in [0.15, 0.2) is 35.3 Å². The van der Waals surface area contributed by atoms with Crippen molar-refractivity contribution >= 4 is 17.9 Å². The molecule has 2 fully saturated rings. The van der Waals surface area contributed by atoms with E-state index in [2.05, 4.69) is 15.6 Å². The quantitative estimate of drug-likeness (QED) is 0.848. The van der Waals surface area contributed by atoms with Gasteiger partial charge in [-0.25, -0.2) is 9.59 Å². The van der Waals surface area contributed by atoms with Gasteiger partial charge in [-0.3, -0.25) is 4.90 Å². The molecule has 6 nitrogen and oxygen atoms in total. The lowest BCUT2D eigenvalue weighted by molar-refractivity contribution is 0.187. The number of hydrogen-bond donors (Lipinski definition) is 2. The molecule has 1 saturated carbocycles. The van der Waals surface area contributed by atoms with Crippen molar-refractivity contribution in [1.29, 1.82) is 0 Å². The highest BCUT2D eigenvalue weighted by molar-refractivity contribution is 6.05. The van der Waals surface area contributed by atoms with Gasteiger partial charge in [0.2, 0.25) is 0 Å². The molecule has 2 unspecified atom stereocenters. The van der Waals surface area contributed by atoms with Gasteiger partial charge in [0.25, 0.3) is 0 Å². The number of urea groups is 2. The third kappa shape index (κ3) is 4.42. The smallest absolute Gasteiger partial charge is 0.334 e. The normalized spacial score (nSPS) is 24.8.